The van der Waals surface area contributed by atoms with Crippen LogP contribution in [0, 0.1) is 5.92 Å². The fraction of sp³-hybridized carbons (Fsp3) is 0.889. The molecule has 0 saturated carbocycles. The molecule has 138 valence electrons. The number of carbonyl (C=O) groups excluding carboxylic acids is 1. The highest BCUT2D eigenvalue weighted by Gasteiger charge is 2.32. The number of hydrogen-bond acceptors (Lipinski definition) is 4. The Balaban J connectivity index is 1.82. The molecule has 1 amide bonds. The van der Waals surface area contributed by atoms with Crippen molar-refractivity contribution in [3.05, 3.63) is 0 Å². The molecule has 2 fully saturated rings. The number of hydrogen-bond donors (Lipinski definition) is 1. The van der Waals surface area contributed by atoms with E-state index in [2.05, 4.69) is 11.8 Å². The Labute approximate surface area is 145 Å². The first-order chi connectivity index (χ1) is 11.4. The largest absolute Gasteiger partial charge is 0.480 e. The van der Waals surface area contributed by atoms with Crippen LogP contribution in [0.4, 0.5) is 0 Å². The molecular weight excluding hydrogens is 306 g/mol. The summed E-state index contributed by atoms with van der Waals surface area (Å²) >= 11 is 0. The van der Waals surface area contributed by atoms with Gasteiger partial charge in [-0.15, -0.1) is 0 Å². The lowest BCUT2D eigenvalue weighted by molar-refractivity contribution is -0.139. The normalized spacial score (nSPS) is 22.8. The van der Waals surface area contributed by atoms with Gasteiger partial charge in [-0.2, -0.15) is 0 Å². The van der Waals surface area contributed by atoms with Gasteiger partial charge in [0, 0.05) is 32.2 Å². The van der Waals surface area contributed by atoms with Gasteiger partial charge in [-0.1, -0.05) is 13.8 Å². The molecule has 0 aromatic carbocycles. The van der Waals surface area contributed by atoms with E-state index in [1.54, 1.807) is 0 Å². The fourth-order valence-electron chi connectivity index (χ4n) is 3.96. The van der Waals surface area contributed by atoms with Gasteiger partial charge in [0.05, 0.1) is 12.6 Å². The second-order valence-corrected chi connectivity index (χ2v) is 7.41. The first-order valence-corrected chi connectivity index (χ1v) is 9.41. The van der Waals surface area contributed by atoms with Crippen molar-refractivity contribution in [3.63, 3.8) is 0 Å². The molecule has 2 aliphatic rings. The van der Waals surface area contributed by atoms with E-state index in [1.807, 2.05) is 23.6 Å². The summed E-state index contributed by atoms with van der Waals surface area (Å²) in [6.07, 6.45) is 4.11. The minimum absolute atomic E-state index is 0.0612. The number of likely N-dealkylation sites (N-methyl/N-ethyl adjacent to an activating group) is 1. The second kappa shape index (κ2) is 8.81. The Morgan fingerprint density at radius 3 is 2.21 bits per heavy atom. The lowest BCUT2D eigenvalue weighted by Gasteiger charge is -2.41. The second-order valence-electron chi connectivity index (χ2n) is 7.41. The van der Waals surface area contributed by atoms with Crippen molar-refractivity contribution in [2.24, 2.45) is 5.92 Å². The Bertz CT molecular complexity index is 427. The van der Waals surface area contributed by atoms with Crippen LogP contribution in [0.25, 0.3) is 0 Å². The standard InChI is InChI=1S/C18H33N3O3/c1-4-19(13-17(22)23)16-7-11-20(12-8-16)15(3)18(24)21-9-5-14(2)6-10-21/h14-16H,4-13H2,1-3H3,(H,22,23). The number of likely N-dealkylation sites (tertiary alicyclic amines) is 2. The van der Waals surface area contributed by atoms with Gasteiger partial charge in [0.25, 0.3) is 0 Å². The van der Waals surface area contributed by atoms with Crippen molar-refractivity contribution in [2.75, 3.05) is 39.3 Å². The van der Waals surface area contributed by atoms with Crippen molar-refractivity contribution in [3.8, 4) is 0 Å². The molecule has 1 unspecified atom stereocenters. The Morgan fingerprint density at radius 1 is 1.12 bits per heavy atom. The summed E-state index contributed by atoms with van der Waals surface area (Å²) in [4.78, 5) is 30.0. The maximum absolute atomic E-state index is 12.7. The van der Waals surface area contributed by atoms with Gasteiger partial charge < -0.3 is 10.0 Å². The summed E-state index contributed by atoms with van der Waals surface area (Å²) in [5, 5.41) is 9.02. The SMILES string of the molecule is CCN(CC(=O)O)C1CCN(C(C)C(=O)N2CCC(C)CC2)CC1. The van der Waals surface area contributed by atoms with Crippen molar-refractivity contribution >= 4 is 11.9 Å². The summed E-state index contributed by atoms with van der Waals surface area (Å²) in [5.74, 6) is 0.231. The zero-order chi connectivity index (χ0) is 17.7. The summed E-state index contributed by atoms with van der Waals surface area (Å²) in [5.41, 5.74) is 0. The fourth-order valence-corrected chi connectivity index (χ4v) is 3.96. The molecular formula is C18H33N3O3. The molecule has 0 bridgehead atoms. The third-order valence-electron chi connectivity index (χ3n) is 5.76. The van der Waals surface area contributed by atoms with Crippen molar-refractivity contribution in [1.29, 1.82) is 0 Å². The van der Waals surface area contributed by atoms with E-state index in [9.17, 15) is 9.59 Å². The van der Waals surface area contributed by atoms with Gasteiger partial charge in [0.15, 0.2) is 0 Å². The van der Waals surface area contributed by atoms with E-state index >= 15 is 0 Å². The first-order valence-electron chi connectivity index (χ1n) is 9.41. The van der Waals surface area contributed by atoms with Gasteiger partial charge in [-0.25, -0.2) is 0 Å². The zero-order valence-electron chi connectivity index (χ0n) is 15.4. The van der Waals surface area contributed by atoms with Crippen LogP contribution < -0.4 is 0 Å². The van der Waals surface area contributed by atoms with Crippen LogP contribution >= 0.6 is 0 Å². The van der Waals surface area contributed by atoms with Crippen LogP contribution in [0.2, 0.25) is 0 Å². The van der Waals surface area contributed by atoms with Crippen LogP contribution in [-0.4, -0.2) is 83.0 Å². The molecule has 0 radical (unpaired) electrons. The maximum Gasteiger partial charge on any atom is 0.317 e. The van der Waals surface area contributed by atoms with E-state index < -0.39 is 5.97 Å². The molecule has 0 aromatic rings. The quantitative estimate of drug-likeness (QED) is 0.795. The minimum Gasteiger partial charge on any atom is -0.480 e. The van der Waals surface area contributed by atoms with Crippen LogP contribution in [0.5, 0.6) is 0 Å². The van der Waals surface area contributed by atoms with Crippen LogP contribution in [0.1, 0.15) is 46.5 Å². The lowest BCUT2D eigenvalue weighted by Crippen LogP contribution is -2.54. The van der Waals surface area contributed by atoms with E-state index in [0.29, 0.717) is 6.04 Å². The molecule has 2 saturated heterocycles. The maximum atomic E-state index is 12.7. The smallest absolute Gasteiger partial charge is 0.317 e. The molecule has 0 aliphatic carbocycles. The zero-order valence-corrected chi connectivity index (χ0v) is 15.4. The van der Waals surface area contributed by atoms with Gasteiger partial charge in [0.2, 0.25) is 5.91 Å². The van der Waals surface area contributed by atoms with E-state index in [1.165, 1.54) is 0 Å². The predicted molar refractivity (Wildman–Crippen MR) is 93.9 cm³/mol. The van der Waals surface area contributed by atoms with E-state index in [0.717, 1.165) is 64.3 Å². The highest BCUT2D eigenvalue weighted by molar-refractivity contribution is 5.81. The number of carbonyl (C=O) groups is 2. The molecule has 0 spiro atoms. The molecule has 1 N–H and O–H groups in total. The summed E-state index contributed by atoms with van der Waals surface area (Å²) in [6, 6.07) is 0.259. The molecule has 6 heteroatoms. The number of carboxylic acids is 1. The molecule has 2 aliphatic heterocycles. The minimum atomic E-state index is -0.762. The number of piperidine rings is 2. The topological polar surface area (TPSA) is 64.1 Å². The van der Waals surface area contributed by atoms with Crippen molar-refractivity contribution in [1.82, 2.24) is 14.7 Å². The molecule has 0 aromatic heterocycles. The van der Waals surface area contributed by atoms with Crippen LogP contribution in [-0.2, 0) is 9.59 Å². The third-order valence-corrected chi connectivity index (χ3v) is 5.76. The Kier molecular flexibility index (Phi) is 7.04. The summed E-state index contributed by atoms with van der Waals surface area (Å²) in [7, 11) is 0. The number of nitrogens with zero attached hydrogens (tertiary/aromatic N) is 3. The lowest BCUT2D eigenvalue weighted by atomic mass is 9.98. The van der Waals surface area contributed by atoms with E-state index in [-0.39, 0.29) is 18.5 Å². The van der Waals surface area contributed by atoms with Crippen molar-refractivity contribution in [2.45, 2.75) is 58.5 Å². The molecule has 6 nitrogen and oxygen atoms in total. The number of carboxylic acid groups (broad SMARTS) is 1. The summed E-state index contributed by atoms with van der Waals surface area (Å²) in [6.45, 7) is 10.7. The molecule has 2 heterocycles. The number of amides is 1. The average molecular weight is 339 g/mol. The molecule has 2 rings (SSSR count). The van der Waals surface area contributed by atoms with E-state index in [4.69, 9.17) is 5.11 Å². The number of rotatable bonds is 6. The van der Waals surface area contributed by atoms with Crippen molar-refractivity contribution < 1.29 is 14.7 Å². The Hall–Kier alpha value is -1.14. The third kappa shape index (κ3) is 4.93. The predicted octanol–water partition coefficient (Wildman–Crippen LogP) is 1.50. The number of aliphatic carboxylic acids is 1. The van der Waals surface area contributed by atoms with Crippen LogP contribution in [0.15, 0.2) is 0 Å². The highest BCUT2D eigenvalue weighted by Crippen LogP contribution is 2.21. The highest BCUT2D eigenvalue weighted by atomic mass is 16.4. The van der Waals surface area contributed by atoms with Gasteiger partial charge in [-0.3, -0.25) is 19.4 Å². The molecule has 24 heavy (non-hydrogen) atoms. The van der Waals surface area contributed by atoms with Gasteiger partial charge in [-0.05, 0) is 45.1 Å². The monoisotopic (exact) mass is 339 g/mol. The van der Waals surface area contributed by atoms with Gasteiger partial charge >= 0.3 is 5.97 Å². The molecule has 1 atom stereocenters. The average Bonchev–Trinajstić information content (AvgIpc) is 2.59. The summed E-state index contributed by atoms with van der Waals surface area (Å²) < 4.78 is 0. The Morgan fingerprint density at radius 2 is 1.71 bits per heavy atom. The van der Waals surface area contributed by atoms with Gasteiger partial charge in [0.1, 0.15) is 0 Å². The van der Waals surface area contributed by atoms with Crippen LogP contribution in [0.3, 0.4) is 0 Å². The first kappa shape index (κ1) is 19.2.